The molecule has 2 unspecified atom stereocenters. The molecule has 344 valence electrons. The van der Waals surface area contributed by atoms with Gasteiger partial charge in [0.05, 0.1) is 0 Å². The zero-order valence-electron chi connectivity index (χ0n) is 37.7. The molecular formula is C47H84O12. The third-order valence-electron chi connectivity index (χ3n) is 10.4. The van der Waals surface area contributed by atoms with Gasteiger partial charge in [-0.2, -0.15) is 0 Å². The van der Waals surface area contributed by atoms with Crippen molar-refractivity contribution < 1.29 is 57.6 Å². The molecule has 0 bridgehead atoms. The molecule has 0 saturated carbocycles. The van der Waals surface area contributed by atoms with Crippen molar-refractivity contribution in [3.05, 3.63) is 0 Å². The Balaban J connectivity index is 4.73. The lowest BCUT2D eigenvalue weighted by molar-refractivity contribution is -0.194. The molecule has 0 heterocycles. The fraction of sp³-hybridized carbons (Fsp3) is 0.872. The maximum absolute atomic E-state index is 13.1. The van der Waals surface area contributed by atoms with E-state index < -0.39 is 67.3 Å². The van der Waals surface area contributed by atoms with Crippen LogP contribution in [0.2, 0.25) is 0 Å². The highest BCUT2D eigenvalue weighted by Crippen LogP contribution is 2.17. The first-order valence-electron chi connectivity index (χ1n) is 23.6. The summed E-state index contributed by atoms with van der Waals surface area (Å²) in [6.45, 7) is 5.41. The van der Waals surface area contributed by atoms with Gasteiger partial charge in [0.15, 0.2) is 6.10 Å². The van der Waals surface area contributed by atoms with Gasteiger partial charge in [-0.25, -0.2) is 9.59 Å². The van der Waals surface area contributed by atoms with Crippen molar-refractivity contribution in [3.8, 4) is 0 Å². The topological polar surface area (TPSA) is 169 Å². The Bertz CT molecular complexity index is 1040. The summed E-state index contributed by atoms with van der Waals surface area (Å²) in [6, 6.07) is 0. The van der Waals surface area contributed by atoms with E-state index in [0.717, 1.165) is 52.4 Å². The Morgan fingerprint density at radius 2 is 0.661 bits per heavy atom. The van der Waals surface area contributed by atoms with Crippen molar-refractivity contribution in [2.75, 3.05) is 13.2 Å². The monoisotopic (exact) mass is 841 g/mol. The number of hydrogen-bond acceptors (Lipinski definition) is 11. The van der Waals surface area contributed by atoms with Crippen LogP contribution in [0.15, 0.2) is 0 Å². The number of hydrogen-bond donors (Lipinski definition) is 1. The van der Waals surface area contributed by atoms with Crippen molar-refractivity contribution in [2.24, 2.45) is 0 Å². The van der Waals surface area contributed by atoms with E-state index in [-0.39, 0.29) is 12.8 Å². The minimum Gasteiger partial charge on any atom is -0.478 e. The molecule has 0 aliphatic heterocycles. The molecule has 12 nitrogen and oxygen atoms in total. The van der Waals surface area contributed by atoms with Crippen LogP contribution in [0.1, 0.15) is 233 Å². The molecule has 12 heteroatoms. The second-order valence-electron chi connectivity index (χ2n) is 16.2. The minimum atomic E-state index is -2.19. The molecule has 0 saturated heterocycles. The van der Waals surface area contributed by atoms with Crippen LogP contribution in [0.25, 0.3) is 0 Å². The molecule has 0 aliphatic rings. The van der Waals surface area contributed by atoms with Crippen LogP contribution in [0.3, 0.4) is 0 Å². The van der Waals surface area contributed by atoms with Gasteiger partial charge < -0.3 is 28.8 Å². The van der Waals surface area contributed by atoms with Gasteiger partial charge in [-0.15, -0.1) is 0 Å². The molecule has 59 heavy (non-hydrogen) atoms. The molecule has 0 radical (unpaired) electrons. The zero-order valence-corrected chi connectivity index (χ0v) is 37.7. The van der Waals surface area contributed by atoms with E-state index in [4.69, 9.17) is 23.7 Å². The van der Waals surface area contributed by atoms with Crippen LogP contribution in [0.4, 0.5) is 0 Å². The number of carboxylic acid groups (broad SMARTS) is 1. The second-order valence-corrected chi connectivity index (χ2v) is 16.2. The van der Waals surface area contributed by atoms with Gasteiger partial charge in [0, 0.05) is 26.7 Å². The van der Waals surface area contributed by atoms with Crippen molar-refractivity contribution in [2.45, 2.75) is 251 Å². The number of carbonyl (C=O) groups is 6. The molecule has 0 aromatic rings. The van der Waals surface area contributed by atoms with Crippen molar-refractivity contribution >= 4 is 35.8 Å². The average Bonchev–Trinajstić information content (AvgIpc) is 3.19. The highest BCUT2D eigenvalue weighted by Gasteiger charge is 2.42. The zero-order chi connectivity index (χ0) is 43.8. The second kappa shape index (κ2) is 40.2. The Kier molecular flexibility index (Phi) is 38.1. The molecule has 0 spiro atoms. The molecule has 2 atom stereocenters. The maximum Gasteiger partial charge on any atom is 0.352 e. The van der Waals surface area contributed by atoms with Crippen LogP contribution in [-0.2, 0) is 52.5 Å². The fourth-order valence-electron chi connectivity index (χ4n) is 6.98. The van der Waals surface area contributed by atoms with Crippen molar-refractivity contribution in [1.82, 2.24) is 0 Å². The van der Waals surface area contributed by atoms with Gasteiger partial charge in [-0.05, 0) is 12.8 Å². The summed E-state index contributed by atoms with van der Waals surface area (Å²) < 4.78 is 25.7. The molecule has 0 aromatic carbocycles. The minimum absolute atomic E-state index is 0.154. The highest BCUT2D eigenvalue weighted by molar-refractivity contribution is 5.88. The summed E-state index contributed by atoms with van der Waals surface area (Å²) in [5, 5.41) is 9.59. The van der Waals surface area contributed by atoms with Gasteiger partial charge in [0.2, 0.25) is 12.2 Å². The van der Waals surface area contributed by atoms with Gasteiger partial charge in [-0.1, -0.05) is 194 Å². The normalized spacial score (nSPS) is 12.2. The number of aliphatic carboxylic acids is 1. The number of unbranched alkanes of at least 4 members (excludes halogenated alkanes) is 28. The van der Waals surface area contributed by atoms with Gasteiger partial charge in [0.1, 0.15) is 13.2 Å². The van der Waals surface area contributed by atoms with Crippen LogP contribution in [0.5, 0.6) is 0 Å². The Morgan fingerprint density at radius 1 is 0.390 bits per heavy atom. The van der Waals surface area contributed by atoms with E-state index in [2.05, 4.69) is 13.8 Å². The number of carboxylic acids is 1. The molecule has 0 amide bonds. The van der Waals surface area contributed by atoms with Crippen LogP contribution in [-0.4, -0.2) is 72.4 Å². The SMILES string of the molecule is CCCCCCCCCCCCCCCCCC(=O)OCC(COC(=O)CCCCCCCCCCCCCCCCC)OC(=O)C(OC(C)=O)C(OC(C)=O)C(=O)O. The van der Waals surface area contributed by atoms with Crippen molar-refractivity contribution in [1.29, 1.82) is 0 Å². The third-order valence-corrected chi connectivity index (χ3v) is 10.4. The number of carbonyl (C=O) groups excluding carboxylic acids is 5. The van der Waals surface area contributed by atoms with Gasteiger partial charge in [-0.3, -0.25) is 19.2 Å². The molecule has 0 fully saturated rings. The number of ether oxygens (including phenoxy) is 5. The smallest absolute Gasteiger partial charge is 0.352 e. The lowest BCUT2D eigenvalue weighted by Crippen LogP contribution is -2.47. The van der Waals surface area contributed by atoms with Crippen LogP contribution in [0, 0.1) is 0 Å². The fourth-order valence-corrected chi connectivity index (χ4v) is 6.98. The standard InChI is InChI=1S/C47H84O12/c1-5-7-9-11-13-15-17-19-21-23-25-27-29-31-33-35-42(50)55-37-41(59-47(54)45(58-40(4)49)44(46(52)53)57-39(3)48)38-56-43(51)36-34-32-30-28-26-24-22-20-18-16-14-12-10-8-6-2/h41,44-45H,5-38H2,1-4H3,(H,52,53). The summed E-state index contributed by atoms with van der Waals surface area (Å²) in [6.07, 6.45) is 30.6. The predicted octanol–water partition coefficient (Wildman–Crippen LogP) is 11.5. The average molecular weight is 841 g/mol. The lowest BCUT2D eigenvalue weighted by Gasteiger charge is -2.24. The van der Waals surface area contributed by atoms with Crippen LogP contribution >= 0.6 is 0 Å². The van der Waals surface area contributed by atoms with E-state index in [1.165, 1.54) is 141 Å². The van der Waals surface area contributed by atoms with E-state index in [9.17, 15) is 33.9 Å². The summed E-state index contributed by atoms with van der Waals surface area (Å²) in [5.41, 5.74) is 0. The first kappa shape index (κ1) is 55.8. The molecule has 1 N–H and O–H groups in total. The van der Waals surface area contributed by atoms with E-state index >= 15 is 0 Å². The lowest BCUT2D eigenvalue weighted by atomic mass is 10.0. The predicted molar refractivity (Wildman–Crippen MR) is 230 cm³/mol. The molecule has 0 aromatic heterocycles. The first-order chi connectivity index (χ1) is 28.5. The first-order valence-corrected chi connectivity index (χ1v) is 23.6. The summed E-state index contributed by atoms with van der Waals surface area (Å²) in [4.78, 5) is 73.5. The van der Waals surface area contributed by atoms with E-state index in [1.807, 2.05) is 0 Å². The maximum atomic E-state index is 13.1. The number of esters is 5. The van der Waals surface area contributed by atoms with E-state index in [0.29, 0.717) is 12.8 Å². The summed E-state index contributed by atoms with van der Waals surface area (Å²) in [5.74, 6) is -6.21. The third kappa shape index (κ3) is 36.4. The van der Waals surface area contributed by atoms with Crippen LogP contribution < -0.4 is 0 Å². The van der Waals surface area contributed by atoms with Crippen molar-refractivity contribution in [3.63, 3.8) is 0 Å². The molecule has 0 rings (SSSR count). The molecule has 0 aliphatic carbocycles. The Morgan fingerprint density at radius 3 is 0.932 bits per heavy atom. The van der Waals surface area contributed by atoms with Gasteiger partial charge >= 0.3 is 35.8 Å². The number of rotatable bonds is 42. The largest absolute Gasteiger partial charge is 0.478 e. The molecular weight excluding hydrogens is 757 g/mol. The Labute approximate surface area is 357 Å². The highest BCUT2D eigenvalue weighted by atomic mass is 16.6. The summed E-state index contributed by atoms with van der Waals surface area (Å²) in [7, 11) is 0. The van der Waals surface area contributed by atoms with E-state index in [1.54, 1.807) is 0 Å². The quantitative estimate of drug-likeness (QED) is 0.0351. The summed E-state index contributed by atoms with van der Waals surface area (Å²) >= 11 is 0. The van der Waals surface area contributed by atoms with Gasteiger partial charge in [0.25, 0.3) is 0 Å². The Hall–Kier alpha value is -3.18.